The molecule has 0 saturated carbocycles. The number of para-hydroxylation sites is 1. The lowest BCUT2D eigenvalue weighted by molar-refractivity contribution is -0.205. The molecule has 118 valence electrons. The van der Waals surface area contributed by atoms with Crippen molar-refractivity contribution >= 4 is 11.7 Å². The largest absolute Gasteiger partial charge is 0.416 e. The second kappa shape index (κ2) is 7.28. The van der Waals surface area contributed by atoms with Crippen LogP contribution in [-0.4, -0.2) is 49.0 Å². The molecule has 0 aromatic heterocycles. The molecule has 0 aliphatic carbocycles. The monoisotopic (exact) mass is 306 g/mol. The van der Waals surface area contributed by atoms with Crippen LogP contribution < -0.4 is 5.32 Å². The zero-order valence-electron chi connectivity index (χ0n) is 11.6. The van der Waals surface area contributed by atoms with Gasteiger partial charge in [0.2, 0.25) is 0 Å². The van der Waals surface area contributed by atoms with Crippen molar-refractivity contribution in [3.63, 3.8) is 0 Å². The molecule has 0 spiro atoms. The molecule has 1 aromatic carbocycles. The first kappa shape index (κ1) is 17.3. The molecule has 1 unspecified atom stereocenters. The van der Waals surface area contributed by atoms with Crippen LogP contribution in [0.3, 0.4) is 0 Å². The number of carbonyl (C=O) groups excluding carboxylic acids is 1. The summed E-state index contributed by atoms with van der Waals surface area (Å²) in [6, 6.07) is 6.02. The molecule has 1 aromatic rings. The first-order valence-corrected chi connectivity index (χ1v) is 6.09. The number of halogens is 3. The van der Waals surface area contributed by atoms with Crippen molar-refractivity contribution in [2.24, 2.45) is 0 Å². The summed E-state index contributed by atoms with van der Waals surface area (Å²) in [4.78, 5) is 12.6. The fourth-order valence-corrected chi connectivity index (χ4v) is 1.58. The molecular formula is C13H17F3N2O3. The zero-order valence-corrected chi connectivity index (χ0v) is 11.6. The maximum absolute atomic E-state index is 12.2. The number of aliphatic hydroxyl groups is 1. The summed E-state index contributed by atoms with van der Waals surface area (Å²) >= 11 is 0. The van der Waals surface area contributed by atoms with Crippen LogP contribution in [0.25, 0.3) is 0 Å². The summed E-state index contributed by atoms with van der Waals surface area (Å²) in [5.74, 6) is 0. The quantitative estimate of drug-likeness (QED) is 0.877. The summed E-state index contributed by atoms with van der Waals surface area (Å²) < 4.78 is 41.7. The highest BCUT2D eigenvalue weighted by atomic mass is 19.4. The third kappa shape index (κ3) is 5.24. The minimum absolute atomic E-state index is 0.255. The average molecular weight is 306 g/mol. The molecule has 0 aliphatic heterocycles. The molecule has 8 heteroatoms. The molecule has 0 saturated heterocycles. The third-order valence-corrected chi connectivity index (χ3v) is 2.73. The van der Waals surface area contributed by atoms with Gasteiger partial charge in [-0.3, -0.25) is 0 Å². The van der Waals surface area contributed by atoms with E-state index in [2.05, 4.69) is 5.32 Å². The normalized spacial score (nSPS) is 12.9. The minimum Gasteiger partial charge on any atom is -0.382 e. The number of ether oxygens (including phenoxy) is 1. The van der Waals surface area contributed by atoms with Crippen LogP contribution in [0.15, 0.2) is 24.3 Å². The highest BCUT2D eigenvalue weighted by Gasteiger charge is 2.39. The fraction of sp³-hybridized carbons (Fsp3) is 0.462. The Kier molecular flexibility index (Phi) is 5.98. The van der Waals surface area contributed by atoms with Gasteiger partial charge in [-0.2, -0.15) is 13.2 Å². The van der Waals surface area contributed by atoms with Crippen LogP contribution in [0.4, 0.5) is 23.7 Å². The number of rotatable bonds is 5. The predicted molar refractivity (Wildman–Crippen MR) is 70.9 cm³/mol. The molecule has 0 heterocycles. The summed E-state index contributed by atoms with van der Waals surface area (Å²) in [7, 11) is 2.66. The van der Waals surface area contributed by atoms with E-state index in [9.17, 15) is 18.0 Å². The van der Waals surface area contributed by atoms with E-state index in [1.54, 1.807) is 24.3 Å². The Morgan fingerprint density at radius 1 is 1.43 bits per heavy atom. The van der Waals surface area contributed by atoms with E-state index in [-0.39, 0.29) is 6.61 Å². The Labute approximate surface area is 120 Å². The second-order valence-corrected chi connectivity index (χ2v) is 4.46. The number of hydrogen-bond acceptors (Lipinski definition) is 3. The van der Waals surface area contributed by atoms with Gasteiger partial charge in [-0.05, 0) is 6.07 Å². The van der Waals surface area contributed by atoms with Gasteiger partial charge in [-0.1, -0.05) is 18.2 Å². The third-order valence-electron chi connectivity index (χ3n) is 2.73. The number of urea groups is 1. The number of methoxy groups -OCH3 is 1. The number of carbonyl (C=O) groups is 1. The molecule has 1 rings (SSSR count). The lowest BCUT2D eigenvalue weighted by Crippen LogP contribution is -2.43. The molecule has 2 N–H and O–H groups in total. The van der Waals surface area contributed by atoms with Gasteiger partial charge < -0.3 is 20.1 Å². The smallest absolute Gasteiger partial charge is 0.382 e. The van der Waals surface area contributed by atoms with Gasteiger partial charge in [0.05, 0.1) is 13.2 Å². The highest BCUT2D eigenvalue weighted by Crippen LogP contribution is 2.21. The molecule has 5 nitrogen and oxygen atoms in total. The molecule has 0 fully saturated rings. The van der Waals surface area contributed by atoms with E-state index < -0.39 is 24.9 Å². The fourth-order valence-electron chi connectivity index (χ4n) is 1.58. The van der Waals surface area contributed by atoms with Crippen molar-refractivity contribution < 1.29 is 27.8 Å². The van der Waals surface area contributed by atoms with E-state index in [1.807, 2.05) is 0 Å². The molecule has 21 heavy (non-hydrogen) atoms. The van der Waals surface area contributed by atoms with Gasteiger partial charge in [0.15, 0.2) is 6.10 Å². The highest BCUT2D eigenvalue weighted by molar-refractivity contribution is 5.90. The van der Waals surface area contributed by atoms with Crippen LogP contribution in [0.1, 0.15) is 5.56 Å². The number of nitrogens with one attached hydrogen (secondary N) is 1. The predicted octanol–water partition coefficient (Wildman–Crippen LogP) is 2.22. The van der Waals surface area contributed by atoms with Crippen molar-refractivity contribution in [1.82, 2.24) is 4.90 Å². The van der Waals surface area contributed by atoms with E-state index in [4.69, 9.17) is 9.84 Å². The Hall–Kier alpha value is -1.80. The standard InChI is InChI=1S/C13H17F3N2O3/c1-18(7-11(19)13(14,15)16)12(20)17-10-6-4-3-5-9(10)8-21-2/h3-6,11,19H,7-8H2,1-2H3,(H,17,20). The molecule has 2 amide bonds. The number of likely N-dealkylation sites (N-methyl/N-ethyl adjacent to an activating group) is 1. The number of nitrogens with zero attached hydrogens (tertiary/aromatic N) is 1. The van der Waals surface area contributed by atoms with Crippen molar-refractivity contribution in [1.29, 1.82) is 0 Å². The van der Waals surface area contributed by atoms with Crippen LogP contribution in [0.5, 0.6) is 0 Å². The maximum Gasteiger partial charge on any atom is 0.416 e. The minimum atomic E-state index is -4.76. The van der Waals surface area contributed by atoms with Crippen LogP contribution in [0.2, 0.25) is 0 Å². The maximum atomic E-state index is 12.2. The summed E-state index contributed by atoms with van der Waals surface area (Å²) in [6.45, 7) is -0.590. The number of amides is 2. The molecular weight excluding hydrogens is 289 g/mol. The van der Waals surface area contributed by atoms with Crippen molar-refractivity contribution in [3.8, 4) is 0 Å². The van der Waals surface area contributed by atoms with Crippen molar-refractivity contribution in [3.05, 3.63) is 29.8 Å². The zero-order chi connectivity index (χ0) is 16.0. The van der Waals surface area contributed by atoms with E-state index >= 15 is 0 Å². The van der Waals surface area contributed by atoms with Gasteiger partial charge >= 0.3 is 12.2 Å². The van der Waals surface area contributed by atoms with E-state index in [0.717, 1.165) is 4.90 Å². The number of hydrogen-bond donors (Lipinski definition) is 2. The Morgan fingerprint density at radius 3 is 2.62 bits per heavy atom. The molecule has 0 aliphatic rings. The van der Waals surface area contributed by atoms with Crippen LogP contribution in [0, 0.1) is 0 Å². The average Bonchev–Trinajstić information content (AvgIpc) is 2.40. The number of alkyl halides is 3. The summed E-state index contributed by atoms with van der Waals surface area (Å²) in [5.41, 5.74) is 1.14. The van der Waals surface area contributed by atoms with Gasteiger partial charge in [-0.15, -0.1) is 0 Å². The molecule has 0 bridgehead atoms. The van der Waals surface area contributed by atoms with Crippen LogP contribution >= 0.6 is 0 Å². The Balaban J connectivity index is 2.68. The van der Waals surface area contributed by atoms with Gasteiger partial charge in [-0.25, -0.2) is 4.79 Å². The molecule has 0 radical (unpaired) electrons. The number of anilines is 1. The van der Waals surface area contributed by atoms with Gasteiger partial charge in [0, 0.05) is 25.4 Å². The van der Waals surface area contributed by atoms with Crippen molar-refractivity contribution in [2.45, 2.75) is 18.9 Å². The summed E-state index contributed by atoms with van der Waals surface area (Å²) in [5, 5.41) is 11.4. The second-order valence-electron chi connectivity index (χ2n) is 4.46. The van der Waals surface area contributed by atoms with Gasteiger partial charge in [0.1, 0.15) is 0 Å². The lowest BCUT2D eigenvalue weighted by atomic mass is 10.2. The van der Waals surface area contributed by atoms with Crippen LogP contribution in [-0.2, 0) is 11.3 Å². The van der Waals surface area contributed by atoms with E-state index in [0.29, 0.717) is 11.3 Å². The number of aliphatic hydroxyl groups excluding tert-OH is 1. The first-order valence-electron chi connectivity index (χ1n) is 6.09. The topological polar surface area (TPSA) is 61.8 Å². The Morgan fingerprint density at radius 2 is 2.05 bits per heavy atom. The SMILES string of the molecule is COCc1ccccc1NC(=O)N(C)CC(O)C(F)(F)F. The van der Waals surface area contributed by atoms with E-state index in [1.165, 1.54) is 14.2 Å². The van der Waals surface area contributed by atoms with Crippen molar-refractivity contribution in [2.75, 3.05) is 26.0 Å². The number of benzene rings is 1. The Bertz CT molecular complexity index is 480. The molecule has 1 atom stereocenters. The van der Waals surface area contributed by atoms with Gasteiger partial charge in [0.25, 0.3) is 0 Å². The summed E-state index contributed by atoms with van der Waals surface area (Å²) in [6.07, 6.45) is -7.34. The first-order chi connectivity index (χ1) is 9.75. The lowest BCUT2D eigenvalue weighted by Gasteiger charge is -2.23.